The number of nitro groups is 1. The van der Waals surface area contributed by atoms with Crippen molar-refractivity contribution in [3.8, 4) is 0 Å². The fourth-order valence-electron chi connectivity index (χ4n) is 1.73. The fraction of sp³-hybridized carbons (Fsp3) is 0.385. The lowest BCUT2D eigenvalue weighted by atomic mass is 10.1. The average molecular weight is 295 g/mol. The number of nitrogens with one attached hydrogen (secondary N) is 2. The smallest absolute Gasteiger partial charge is 0.328 e. The van der Waals surface area contributed by atoms with Crippen LogP contribution >= 0.6 is 0 Å². The van der Waals surface area contributed by atoms with Crippen molar-refractivity contribution in [3.63, 3.8) is 0 Å². The molecule has 0 aliphatic carbocycles. The van der Waals surface area contributed by atoms with Crippen LogP contribution in [-0.2, 0) is 20.7 Å². The van der Waals surface area contributed by atoms with Gasteiger partial charge in [-0.2, -0.15) is 0 Å². The molecule has 0 spiro atoms. The number of carbonyl (C=O) groups is 2. The van der Waals surface area contributed by atoms with Crippen LogP contribution in [0.4, 0.5) is 5.69 Å². The third kappa shape index (κ3) is 5.19. The van der Waals surface area contributed by atoms with E-state index in [0.717, 1.165) is 0 Å². The minimum Gasteiger partial charge on any atom is -0.467 e. The van der Waals surface area contributed by atoms with Crippen LogP contribution in [0.15, 0.2) is 24.3 Å². The summed E-state index contributed by atoms with van der Waals surface area (Å²) in [6.07, 6.45) is 0.195. The Morgan fingerprint density at radius 2 is 1.95 bits per heavy atom. The van der Waals surface area contributed by atoms with Gasteiger partial charge < -0.3 is 15.4 Å². The monoisotopic (exact) mass is 295 g/mol. The summed E-state index contributed by atoms with van der Waals surface area (Å²) >= 11 is 0. The minimum absolute atomic E-state index is 0.0346. The molecule has 1 aromatic rings. The van der Waals surface area contributed by atoms with Crippen molar-refractivity contribution in [2.45, 2.75) is 12.5 Å². The second-order valence-corrected chi connectivity index (χ2v) is 4.30. The molecule has 114 valence electrons. The van der Waals surface area contributed by atoms with E-state index < -0.39 is 16.9 Å². The highest BCUT2D eigenvalue weighted by Crippen LogP contribution is 2.13. The molecule has 0 saturated heterocycles. The molecule has 0 aliphatic heterocycles. The van der Waals surface area contributed by atoms with E-state index in [4.69, 9.17) is 0 Å². The number of hydrogen-bond acceptors (Lipinski definition) is 6. The molecular weight excluding hydrogens is 278 g/mol. The van der Waals surface area contributed by atoms with E-state index in [9.17, 15) is 19.7 Å². The first-order chi connectivity index (χ1) is 9.97. The van der Waals surface area contributed by atoms with Crippen LogP contribution in [-0.4, -0.2) is 43.5 Å². The van der Waals surface area contributed by atoms with Crippen molar-refractivity contribution < 1.29 is 19.2 Å². The number of nitrogens with zero attached hydrogens (tertiary/aromatic N) is 1. The van der Waals surface area contributed by atoms with E-state index in [2.05, 4.69) is 15.4 Å². The summed E-state index contributed by atoms with van der Waals surface area (Å²) in [6.45, 7) is 0.0771. The van der Waals surface area contributed by atoms with E-state index >= 15 is 0 Å². The van der Waals surface area contributed by atoms with Gasteiger partial charge in [0.1, 0.15) is 6.04 Å². The number of methoxy groups -OCH3 is 1. The van der Waals surface area contributed by atoms with Crippen molar-refractivity contribution in [3.05, 3.63) is 39.9 Å². The van der Waals surface area contributed by atoms with E-state index in [1.165, 1.54) is 31.4 Å². The maximum Gasteiger partial charge on any atom is 0.328 e. The largest absolute Gasteiger partial charge is 0.467 e. The molecule has 0 aromatic heterocycles. The summed E-state index contributed by atoms with van der Waals surface area (Å²) in [5.41, 5.74) is 0.647. The summed E-state index contributed by atoms with van der Waals surface area (Å²) in [5, 5.41) is 15.8. The molecule has 8 nitrogen and oxygen atoms in total. The Bertz CT molecular complexity index is 515. The van der Waals surface area contributed by atoms with Crippen LogP contribution < -0.4 is 10.6 Å². The molecule has 0 bridgehead atoms. The van der Waals surface area contributed by atoms with Crippen LogP contribution in [0.3, 0.4) is 0 Å². The molecule has 8 heteroatoms. The van der Waals surface area contributed by atoms with Gasteiger partial charge in [0, 0.05) is 18.6 Å². The number of amides is 1. The number of carbonyl (C=O) groups excluding carboxylic acids is 2. The van der Waals surface area contributed by atoms with Crippen LogP contribution in [0.1, 0.15) is 5.56 Å². The molecular formula is C13H17N3O5. The van der Waals surface area contributed by atoms with Crippen LogP contribution in [0, 0.1) is 10.1 Å². The number of benzene rings is 1. The van der Waals surface area contributed by atoms with Gasteiger partial charge in [0.15, 0.2) is 0 Å². The van der Waals surface area contributed by atoms with Crippen molar-refractivity contribution in [1.82, 2.24) is 10.6 Å². The lowest BCUT2D eigenvalue weighted by molar-refractivity contribution is -0.384. The predicted molar refractivity (Wildman–Crippen MR) is 74.7 cm³/mol. The molecule has 2 N–H and O–H groups in total. The summed E-state index contributed by atoms with van der Waals surface area (Å²) < 4.78 is 4.64. The second kappa shape index (κ2) is 7.95. The molecule has 21 heavy (non-hydrogen) atoms. The average Bonchev–Trinajstić information content (AvgIpc) is 2.46. The fourth-order valence-corrected chi connectivity index (χ4v) is 1.73. The lowest BCUT2D eigenvalue weighted by Crippen LogP contribution is -2.45. The highest BCUT2D eigenvalue weighted by molar-refractivity contribution is 5.85. The normalized spacial score (nSPS) is 11.5. The zero-order valence-electron chi connectivity index (χ0n) is 11.8. The summed E-state index contributed by atoms with van der Waals surface area (Å²) in [7, 11) is 2.85. The van der Waals surface area contributed by atoms with Gasteiger partial charge in [-0.1, -0.05) is 12.1 Å². The molecule has 1 aromatic carbocycles. The molecule has 0 aliphatic rings. The zero-order valence-corrected chi connectivity index (χ0v) is 11.8. The number of ether oxygens (including phenoxy) is 1. The molecule has 0 saturated carbocycles. The van der Waals surface area contributed by atoms with Gasteiger partial charge in [-0.15, -0.1) is 0 Å². The van der Waals surface area contributed by atoms with Gasteiger partial charge in [0.05, 0.1) is 18.6 Å². The predicted octanol–water partition coefficient (Wildman–Crippen LogP) is 0.0145. The summed E-state index contributed by atoms with van der Waals surface area (Å²) in [6, 6.07) is 4.94. The summed E-state index contributed by atoms with van der Waals surface area (Å²) in [4.78, 5) is 33.3. The SMILES string of the molecule is CNCC(=O)NC(Cc1ccc([N+](=O)[O-])cc1)C(=O)OC. The van der Waals surface area contributed by atoms with E-state index in [1.54, 1.807) is 7.05 Å². The Kier molecular flexibility index (Phi) is 6.28. The van der Waals surface area contributed by atoms with Crippen LogP contribution in [0.25, 0.3) is 0 Å². The van der Waals surface area contributed by atoms with Gasteiger partial charge in [0.2, 0.25) is 5.91 Å². The highest BCUT2D eigenvalue weighted by atomic mass is 16.6. The van der Waals surface area contributed by atoms with Crippen molar-refractivity contribution in [2.24, 2.45) is 0 Å². The number of likely N-dealkylation sites (N-methyl/N-ethyl adjacent to an activating group) is 1. The van der Waals surface area contributed by atoms with E-state index in [0.29, 0.717) is 5.56 Å². The number of non-ortho nitro benzene ring substituents is 1. The molecule has 1 rings (SSSR count). The van der Waals surface area contributed by atoms with E-state index in [1.807, 2.05) is 0 Å². The zero-order chi connectivity index (χ0) is 15.8. The minimum atomic E-state index is -0.836. The van der Waals surface area contributed by atoms with Gasteiger partial charge in [-0.05, 0) is 12.6 Å². The van der Waals surface area contributed by atoms with Crippen molar-refractivity contribution in [1.29, 1.82) is 0 Å². The van der Waals surface area contributed by atoms with E-state index in [-0.39, 0.29) is 24.6 Å². The van der Waals surface area contributed by atoms with Gasteiger partial charge in [-0.3, -0.25) is 14.9 Å². The number of esters is 1. The molecule has 1 unspecified atom stereocenters. The Morgan fingerprint density at radius 3 is 2.43 bits per heavy atom. The highest BCUT2D eigenvalue weighted by Gasteiger charge is 2.21. The second-order valence-electron chi connectivity index (χ2n) is 4.30. The molecule has 1 amide bonds. The van der Waals surface area contributed by atoms with Crippen LogP contribution in [0.5, 0.6) is 0 Å². The summed E-state index contributed by atoms with van der Waals surface area (Å²) in [5.74, 6) is -0.910. The molecule has 0 fully saturated rings. The Labute approximate surface area is 121 Å². The molecule has 1 atom stereocenters. The molecule has 0 radical (unpaired) electrons. The quantitative estimate of drug-likeness (QED) is 0.416. The lowest BCUT2D eigenvalue weighted by Gasteiger charge is -2.16. The number of nitro benzene ring substituents is 1. The first-order valence-electron chi connectivity index (χ1n) is 6.23. The topological polar surface area (TPSA) is 111 Å². The van der Waals surface area contributed by atoms with Gasteiger partial charge in [0.25, 0.3) is 5.69 Å². The van der Waals surface area contributed by atoms with Gasteiger partial charge in [-0.25, -0.2) is 4.79 Å². The Morgan fingerprint density at radius 1 is 1.33 bits per heavy atom. The van der Waals surface area contributed by atoms with Gasteiger partial charge >= 0.3 is 5.97 Å². The van der Waals surface area contributed by atoms with Crippen LogP contribution in [0.2, 0.25) is 0 Å². The first kappa shape index (κ1) is 16.6. The number of hydrogen-bond donors (Lipinski definition) is 2. The third-order valence-electron chi connectivity index (χ3n) is 2.75. The molecule has 0 heterocycles. The first-order valence-corrected chi connectivity index (χ1v) is 6.23. The maximum absolute atomic E-state index is 11.7. The standard InChI is InChI=1S/C13H17N3O5/c1-14-8-12(17)15-11(13(18)21-2)7-9-3-5-10(6-4-9)16(19)20/h3-6,11,14H,7-8H2,1-2H3,(H,15,17). The third-order valence-corrected chi connectivity index (χ3v) is 2.75. The Hall–Kier alpha value is -2.48. The maximum atomic E-state index is 11.7. The Balaban J connectivity index is 2.78. The van der Waals surface area contributed by atoms with Crippen molar-refractivity contribution >= 4 is 17.6 Å². The number of rotatable bonds is 7. The van der Waals surface area contributed by atoms with Crippen molar-refractivity contribution in [2.75, 3.05) is 20.7 Å².